The lowest BCUT2D eigenvalue weighted by Gasteiger charge is -2.15. The van der Waals surface area contributed by atoms with Crippen LogP contribution in [-0.2, 0) is 7.05 Å². The number of aryl methyl sites for hydroxylation is 2. The molecule has 1 aromatic heterocycles. The molecule has 7 nitrogen and oxygen atoms in total. The van der Waals surface area contributed by atoms with Crippen LogP contribution in [0.1, 0.15) is 24.4 Å². The smallest absolute Gasteiger partial charge is 0.295 e. The van der Waals surface area contributed by atoms with E-state index >= 15 is 0 Å². The van der Waals surface area contributed by atoms with Crippen LogP contribution >= 0.6 is 0 Å². The van der Waals surface area contributed by atoms with Gasteiger partial charge in [0.15, 0.2) is 5.82 Å². The Labute approximate surface area is 110 Å². The molecule has 1 aromatic carbocycles. The van der Waals surface area contributed by atoms with Gasteiger partial charge in [0.1, 0.15) is 12.0 Å². The van der Waals surface area contributed by atoms with Crippen LogP contribution in [-0.4, -0.2) is 19.7 Å². The van der Waals surface area contributed by atoms with Crippen molar-refractivity contribution in [2.45, 2.75) is 19.9 Å². The van der Waals surface area contributed by atoms with Crippen LogP contribution in [0.2, 0.25) is 0 Å². The zero-order chi connectivity index (χ0) is 14.0. The van der Waals surface area contributed by atoms with Gasteiger partial charge in [0.05, 0.1) is 11.0 Å². The first kappa shape index (κ1) is 13.0. The minimum atomic E-state index is -0.374. The van der Waals surface area contributed by atoms with Crippen molar-refractivity contribution >= 4 is 11.4 Å². The Morgan fingerprint density at radius 2 is 2.21 bits per heavy atom. The molecule has 0 fully saturated rings. The number of aromatic nitrogens is 3. The Morgan fingerprint density at radius 1 is 1.47 bits per heavy atom. The lowest BCUT2D eigenvalue weighted by atomic mass is 10.1. The SMILES string of the molecule is Cc1cccc(NC(C)c2nncn2C)c1[N+](=O)[O-]. The quantitative estimate of drug-likeness (QED) is 0.673. The van der Waals surface area contributed by atoms with Gasteiger partial charge in [0, 0.05) is 12.6 Å². The lowest BCUT2D eigenvalue weighted by molar-refractivity contribution is -0.384. The van der Waals surface area contributed by atoms with Crippen LogP contribution in [0.5, 0.6) is 0 Å². The third-order valence-corrected chi connectivity index (χ3v) is 2.93. The van der Waals surface area contributed by atoms with Gasteiger partial charge < -0.3 is 9.88 Å². The molecule has 2 aromatic rings. The molecule has 1 N–H and O–H groups in total. The number of para-hydroxylation sites is 1. The first-order valence-electron chi connectivity index (χ1n) is 5.85. The van der Waals surface area contributed by atoms with Crippen molar-refractivity contribution in [1.29, 1.82) is 0 Å². The summed E-state index contributed by atoms with van der Waals surface area (Å²) in [6, 6.07) is 5.02. The van der Waals surface area contributed by atoms with E-state index in [-0.39, 0.29) is 16.7 Å². The van der Waals surface area contributed by atoms with Crippen molar-refractivity contribution in [1.82, 2.24) is 14.8 Å². The molecule has 0 aliphatic carbocycles. The Balaban J connectivity index is 2.32. The molecule has 7 heteroatoms. The standard InChI is InChI=1S/C12H15N5O2/c1-8-5-4-6-10(11(8)17(18)19)14-9(2)12-15-13-7-16(12)3/h4-7,9,14H,1-3H3. The molecule has 100 valence electrons. The predicted octanol–water partition coefficient (Wildman–Crippen LogP) is 2.20. The largest absolute Gasteiger partial charge is 0.370 e. The van der Waals surface area contributed by atoms with E-state index in [1.54, 1.807) is 36.0 Å². The Hall–Kier alpha value is -2.44. The van der Waals surface area contributed by atoms with Gasteiger partial charge in [-0.15, -0.1) is 10.2 Å². The molecule has 0 spiro atoms. The summed E-state index contributed by atoms with van der Waals surface area (Å²) in [5.41, 5.74) is 1.21. The minimum absolute atomic E-state index is 0.0940. The summed E-state index contributed by atoms with van der Waals surface area (Å²) in [6.07, 6.45) is 1.60. The number of nitro groups is 1. The number of nitro benzene ring substituents is 1. The second kappa shape index (κ2) is 5.05. The van der Waals surface area contributed by atoms with Gasteiger partial charge in [-0.3, -0.25) is 10.1 Å². The van der Waals surface area contributed by atoms with E-state index in [1.165, 1.54) is 0 Å². The van der Waals surface area contributed by atoms with Gasteiger partial charge in [0.2, 0.25) is 0 Å². The number of benzene rings is 1. The summed E-state index contributed by atoms with van der Waals surface area (Å²) in [6.45, 7) is 3.60. The van der Waals surface area contributed by atoms with E-state index in [4.69, 9.17) is 0 Å². The average Bonchev–Trinajstić information content (AvgIpc) is 2.75. The molecule has 0 amide bonds. The molecule has 1 atom stereocenters. The second-order valence-electron chi connectivity index (χ2n) is 4.39. The molecule has 0 aliphatic rings. The Bertz CT molecular complexity index is 608. The van der Waals surface area contributed by atoms with E-state index in [0.717, 1.165) is 5.82 Å². The van der Waals surface area contributed by atoms with Crippen LogP contribution in [0, 0.1) is 17.0 Å². The molecule has 1 heterocycles. The number of hydrogen-bond acceptors (Lipinski definition) is 5. The molecular weight excluding hydrogens is 246 g/mol. The predicted molar refractivity (Wildman–Crippen MR) is 70.9 cm³/mol. The highest BCUT2D eigenvalue weighted by Crippen LogP contribution is 2.30. The zero-order valence-electron chi connectivity index (χ0n) is 11.0. The Kier molecular flexibility index (Phi) is 3.46. The topological polar surface area (TPSA) is 85.9 Å². The van der Waals surface area contributed by atoms with E-state index in [0.29, 0.717) is 11.3 Å². The molecule has 0 aliphatic heterocycles. The van der Waals surface area contributed by atoms with Gasteiger partial charge in [-0.05, 0) is 19.9 Å². The van der Waals surface area contributed by atoms with Crippen molar-refractivity contribution in [3.63, 3.8) is 0 Å². The fourth-order valence-electron chi connectivity index (χ4n) is 2.00. The summed E-state index contributed by atoms with van der Waals surface area (Å²) in [5.74, 6) is 0.718. The summed E-state index contributed by atoms with van der Waals surface area (Å²) < 4.78 is 1.78. The van der Waals surface area contributed by atoms with Gasteiger partial charge in [0.25, 0.3) is 5.69 Å². The second-order valence-corrected chi connectivity index (χ2v) is 4.39. The monoisotopic (exact) mass is 261 g/mol. The third kappa shape index (κ3) is 2.54. The molecular formula is C12H15N5O2. The van der Waals surface area contributed by atoms with Crippen molar-refractivity contribution in [3.8, 4) is 0 Å². The van der Waals surface area contributed by atoms with Gasteiger partial charge in [-0.2, -0.15) is 0 Å². The van der Waals surface area contributed by atoms with Crippen molar-refractivity contribution in [2.75, 3.05) is 5.32 Å². The zero-order valence-corrected chi connectivity index (χ0v) is 11.0. The first-order valence-corrected chi connectivity index (χ1v) is 5.85. The number of nitrogens with zero attached hydrogens (tertiary/aromatic N) is 4. The Morgan fingerprint density at radius 3 is 2.79 bits per heavy atom. The number of hydrogen-bond donors (Lipinski definition) is 1. The summed E-state index contributed by atoms with van der Waals surface area (Å²) >= 11 is 0. The number of rotatable bonds is 4. The molecule has 0 bridgehead atoms. The normalized spacial score (nSPS) is 12.2. The molecule has 0 saturated heterocycles. The number of nitrogens with one attached hydrogen (secondary N) is 1. The molecule has 0 radical (unpaired) electrons. The fraction of sp³-hybridized carbons (Fsp3) is 0.333. The molecule has 0 saturated carbocycles. The molecule has 19 heavy (non-hydrogen) atoms. The minimum Gasteiger partial charge on any atom is -0.370 e. The van der Waals surface area contributed by atoms with Crippen LogP contribution in [0.25, 0.3) is 0 Å². The van der Waals surface area contributed by atoms with E-state index < -0.39 is 0 Å². The van der Waals surface area contributed by atoms with Crippen molar-refractivity contribution < 1.29 is 4.92 Å². The van der Waals surface area contributed by atoms with E-state index in [1.807, 2.05) is 14.0 Å². The van der Waals surface area contributed by atoms with E-state index in [9.17, 15) is 10.1 Å². The maximum Gasteiger partial charge on any atom is 0.295 e. The maximum atomic E-state index is 11.1. The van der Waals surface area contributed by atoms with Crippen molar-refractivity contribution in [3.05, 3.63) is 46.0 Å². The lowest BCUT2D eigenvalue weighted by Crippen LogP contribution is -2.13. The van der Waals surface area contributed by atoms with Crippen LogP contribution in [0.3, 0.4) is 0 Å². The van der Waals surface area contributed by atoms with Crippen LogP contribution in [0.4, 0.5) is 11.4 Å². The highest BCUT2D eigenvalue weighted by atomic mass is 16.6. The van der Waals surface area contributed by atoms with Gasteiger partial charge in [-0.1, -0.05) is 12.1 Å². The highest BCUT2D eigenvalue weighted by molar-refractivity contribution is 5.65. The summed E-state index contributed by atoms with van der Waals surface area (Å²) in [7, 11) is 1.83. The summed E-state index contributed by atoms with van der Waals surface area (Å²) in [4.78, 5) is 10.7. The first-order chi connectivity index (χ1) is 9.00. The average molecular weight is 261 g/mol. The van der Waals surface area contributed by atoms with Crippen LogP contribution in [0.15, 0.2) is 24.5 Å². The van der Waals surface area contributed by atoms with Gasteiger partial charge in [-0.25, -0.2) is 0 Å². The van der Waals surface area contributed by atoms with Crippen molar-refractivity contribution in [2.24, 2.45) is 7.05 Å². The molecule has 2 rings (SSSR count). The van der Waals surface area contributed by atoms with Gasteiger partial charge >= 0.3 is 0 Å². The highest BCUT2D eigenvalue weighted by Gasteiger charge is 2.20. The van der Waals surface area contributed by atoms with Crippen LogP contribution < -0.4 is 5.32 Å². The summed E-state index contributed by atoms with van der Waals surface area (Å²) in [5, 5.41) is 22.0. The maximum absolute atomic E-state index is 11.1. The molecule has 1 unspecified atom stereocenters. The third-order valence-electron chi connectivity index (χ3n) is 2.93. The number of anilines is 1. The van der Waals surface area contributed by atoms with E-state index in [2.05, 4.69) is 15.5 Å². The fourth-order valence-corrected chi connectivity index (χ4v) is 2.00.